The first-order valence-electron chi connectivity index (χ1n) is 6.21. The third kappa shape index (κ3) is 1.93. The Morgan fingerprint density at radius 3 is 3.05 bits per heavy atom. The van der Waals surface area contributed by atoms with E-state index in [9.17, 15) is 9.59 Å². The van der Waals surface area contributed by atoms with Crippen LogP contribution in [0.3, 0.4) is 0 Å². The molecule has 102 valence electrons. The molecule has 1 aliphatic heterocycles. The monoisotopic (exact) mass is 272 g/mol. The molecule has 3 rings (SSSR count). The van der Waals surface area contributed by atoms with Crippen LogP contribution in [0.2, 0.25) is 0 Å². The smallest absolute Gasteiger partial charge is 0.360 e. The number of fused-ring (bicyclic) bond motifs is 3. The van der Waals surface area contributed by atoms with Gasteiger partial charge in [0.05, 0.1) is 30.1 Å². The molecule has 0 saturated carbocycles. The van der Waals surface area contributed by atoms with Gasteiger partial charge >= 0.3 is 5.97 Å². The number of nitrogens with zero attached hydrogens (tertiary/aromatic N) is 3. The zero-order valence-corrected chi connectivity index (χ0v) is 10.8. The van der Waals surface area contributed by atoms with Crippen molar-refractivity contribution in [2.75, 3.05) is 11.9 Å². The molecule has 0 fully saturated rings. The summed E-state index contributed by atoms with van der Waals surface area (Å²) in [7, 11) is 0. The molecule has 1 aromatic carbocycles. The predicted octanol–water partition coefficient (Wildman–Crippen LogP) is 0.939. The second-order valence-electron chi connectivity index (χ2n) is 4.26. The normalized spacial score (nSPS) is 12.9. The number of hydrogen-bond donors (Lipinski definition) is 1. The lowest BCUT2D eigenvalue weighted by Crippen LogP contribution is -2.16. The number of para-hydroxylation sites is 2. The van der Waals surface area contributed by atoms with E-state index in [1.54, 1.807) is 19.1 Å². The number of anilines is 1. The fourth-order valence-electron chi connectivity index (χ4n) is 2.12. The van der Waals surface area contributed by atoms with Gasteiger partial charge in [-0.15, -0.1) is 5.10 Å². The van der Waals surface area contributed by atoms with Gasteiger partial charge in [-0.05, 0) is 19.1 Å². The van der Waals surface area contributed by atoms with Gasteiger partial charge in [0.1, 0.15) is 0 Å². The first-order valence-corrected chi connectivity index (χ1v) is 6.21. The summed E-state index contributed by atoms with van der Waals surface area (Å²) in [5.41, 5.74) is 1.83. The Kier molecular flexibility index (Phi) is 2.94. The molecule has 1 N–H and O–H groups in total. The van der Waals surface area contributed by atoms with Crippen molar-refractivity contribution in [3.8, 4) is 5.69 Å². The first-order chi connectivity index (χ1) is 9.70. The molecular weight excluding hydrogens is 260 g/mol. The Morgan fingerprint density at radius 2 is 2.25 bits per heavy atom. The van der Waals surface area contributed by atoms with E-state index in [4.69, 9.17) is 4.74 Å². The third-order valence-electron chi connectivity index (χ3n) is 2.97. The van der Waals surface area contributed by atoms with Crippen molar-refractivity contribution in [1.29, 1.82) is 0 Å². The van der Waals surface area contributed by atoms with E-state index in [0.29, 0.717) is 17.1 Å². The topological polar surface area (TPSA) is 86.1 Å². The summed E-state index contributed by atoms with van der Waals surface area (Å²) in [6.45, 7) is 1.95. The zero-order chi connectivity index (χ0) is 14.1. The van der Waals surface area contributed by atoms with Gasteiger partial charge < -0.3 is 10.1 Å². The van der Waals surface area contributed by atoms with Crippen LogP contribution in [0.15, 0.2) is 24.3 Å². The van der Waals surface area contributed by atoms with E-state index in [2.05, 4.69) is 15.6 Å². The van der Waals surface area contributed by atoms with Gasteiger partial charge in [0.2, 0.25) is 5.91 Å². The van der Waals surface area contributed by atoms with E-state index in [-0.39, 0.29) is 24.6 Å². The number of ether oxygens (including phenoxy) is 1. The molecule has 2 aromatic rings. The summed E-state index contributed by atoms with van der Waals surface area (Å²) in [6, 6.07) is 7.21. The SMILES string of the molecule is CCOC(=O)c1nnn2c1CC(=O)Nc1ccccc1-2. The number of hydrogen-bond acceptors (Lipinski definition) is 5. The lowest BCUT2D eigenvalue weighted by Gasteiger charge is -2.06. The molecular formula is C13H12N4O3. The number of rotatable bonds is 2. The summed E-state index contributed by atoms with van der Waals surface area (Å²) >= 11 is 0. The molecule has 1 aromatic heterocycles. The van der Waals surface area contributed by atoms with Gasteiger partial charge in [0.25, 0.3) is 0 Å². The van der Waals surface area contributed by atoms with Crippen molar-refractivity contribution in [1.82, 2.24) is 15.0 Å². The van der Waals surface area contributed by atoms with E-state index in [0.717, 1.165) is 0 Å². The third-order valence-corrected chi connectivity index (χ3v) is 2.97. The van der Waals surface area contributed by atoms with E-state index in [1.165, 1.54) is 4.68 Å². The first kappa shape index (κ1) is 12.3. The largest absolute Gasteiger partial charge is 0.461 e. The average molecular weight is 272 g/mol. The number of nitrogens with one attached hydrogen (secondary N) is 1. The van der Waals surface area contributed by atoms with Gasteiger partial charge in [-0.2, -0.15) is 0 Å². The minimum absolute atomic E-state index is 0.0236. The van der Waals surface area contributed by atoms with E-state index < -0.39 is 5.97 Å². The number of aromatic nitrogens is 3. The molecule has 1 aliphatic rings. The summed E-state index contributed by atoms with van der Waals surface area (Å²) in [4.78, 5) is 23.7. The van der Waals surface area contributed by atoms with Crippen LogP contribution < -0.4 is 5.32 Å². The Balaban J connectivity index is 2.15. The van der Waals surface area contributed by atoms with Gasteiger partial charge in [0, 0.05) is 0 Å². The van der Waals surface area contributed by atoms with Crippen LogP contribution in [0.25, 0.3) is 5.69 Å². The second kappa shape index (κ2) is 4.76. The van der Waals surface area contributed by atoms with Crippen LogP contribution in [0.4, 0.5) is 5.69 Å². The van der Waals surface area contributed by atoms with Crippen LogP contribution in [0.1, 0.15) is 23.1 Å². The second-order valence-corrected chi connectivity index (χ2v) is 4.26. The maximum Gasteiger partial charge on any atom is 0.360 e. The standard InChI is InChI=1S/C13H12N4O3/c1-2-20-13(19)12-10-7-11(18)14-8-5-3-4-6-9(8)17(10)16-15-12/h3-6H,2,7H2,1H3,(H,14,18). The minimum Gasteiger partial charge on any atom is -0.461 e. The molecule has 20 heavy (non-hydrogen) atoms. The highest BCUT2D eigenvalue weighted by atomic mass is 16.5. The molecule has 0 atom stereocenters. The highest BCUT2D eigenvalue weighted by Gasteiger charge is 2.27. The molecule has 1 amide bonds. The lowest BCUT2D eigenvalue weighted by atomic mass is 10.2. The van der Waals surface area contributed by atoms with Crippen LogP contribution in [0, 0.1) is 0 Å². The van der Waals surface area contributed by atoms with Crippen molar-refractivity contribution in [3.63, 3.8) is 0 Å². The fourth-order valence-corrected chi connectivity index (χ4v) is 2.12. The van der Waals surface area contributed by atoms with Crippen molar-refractivity contribution in [2.45, 2.75) is 13.3 Å². The molecule has 0 unspecified atom stereocenters. The number of benzene rings is 1. The van der Waals surface area contributed by atoms with Crippen molar-refractivity contribution < 1.29 is 14.3 Å². The Labute approximate surface area is 114 Å². The highest BCUT2D eigenvalue weighted by Crippen LogP contribution is 2.25. The number of carbonyl (C=O) groups is 2. The zero-order valence-electron chi connectivity index (χ0n) is 10.8. The molecule has 0 spiro atoms. The Morgan fingerprint density at radius 1 is 1.45 bits per heavy atom. The van der Waals surface area contributed by atoms with E-state index >= 15 is 0 Å². The summed E-state index contributed by atoms with van der Waals surface area (Å²) in [5.74, 6) is -0.787. The number of carbonyl (C=O) groups excluding carboxylic acids is 2. The average Bonchev–Trinajstić information content (AvgIpc) is 2.77. The number of esters is 1. The van der Waals surface area contributed by atoms with Gasteiger partial charge in [-0.1, -0.05) is 17.3 Å². The van der Waals surface area contributed by atoms with Crippen LogP contribution >= 0.6 is 0 Å². The lowest BCUT2D eigenvalue weighted by molar-refractivity contribution is -0.115. The molecule has 0 saturated heterocycles. The molecule has 0 bridgehead atoms. The van der Waals surface area contributed by atoms with Crippen molar-refractivity contribution in [3.05, 3.63) is 35.7 Å². The van der Waals surface area contributed by atoms with Crippen LogP contribution in [-0.2, 0) is 16.0 Å². The summed E-state index contributed by atoms with van der Waals surface area (Å²) < 4.78 is 6.43. The quantitative estimate of drug-likeness (QED) is 0.822. The molecule has 7 heteroatoms. The number of amides is 1. The molecule has 0 radical (unpaired) electrons. The highest BCUT2D eigenvalue weighted by molar-refractivity contribution is 5.98. The van der Waals surface area contributed by atoms with Gasteiger partial charge in [-0.3, -0.25) is 4.79 Å². The van der Waals surface area contributed by atoms with Crippen LogP contribution in [0.5, 0.6) is 0 Å². The fraction of sp³-hybridized carbons (Fsp3) is 0.231. The maximum atomic E-state index is 11.9. The Bertz CT molecular complexity index is 693. The minimum atomic E-state index is -0.569. The summed E-state index contributed by atoms with van der Waals surface area (Å²) in [5, 5.41) is 10.6. The molecule has 0 aliphatic carbocycles. The van der Waals surface area contributed by atoms with E-state index in [1.807, 2.05) is 12.1 Å². The van der Waals surface area contributed by atoms with Crippen LogP contribution in [-0.4, -0.2) is 33.5 Å². The summed E-state index contributed by atoms with van der Waals surface area (Å²) in [6.07, 6.45) is 0.0236. The van der Waals surface area contributed by atoms with Gasteiger partial charge in [-0.25, -0.2) is 9.48 Å². The molecule has 2 heterocycles. The maximum absolute atomic E-state index is 11.9. The Hall–Kier alpha value is -2.70. The van der Waals surface area contributed by atoms with Crippen molar-refractivity contribution in [2.24, 2.45) is 0 Å². The molecule has 7 nitrogen and oxygen atoms in total. The predicted molar refractivity (Wildman–Crippen MR) is 69.6 cm³/mol. The van der Waals surface area contributed by atoms with Crippen molar-refractivity contribution >= 4 is 17.6 Å². The van der Waals surface area contributed by atoms with Gasteiger partial charge in [0.15, 0.2) is 5.69 Å².